The van der Waals surface area contributed by atoms with E-state index in [4.69, 9.17) is 4.74 Å². The van der Waals surface area contributed by atoms with E-state index in [2.05, 4.69) is 16.9 Å². The summed E-state index contributed by atoms with van der Waals surface area (Å²) in [5.41, 5.74) is 0.736. The molecule has 5 heteroatoms. The van der Waals surface area contributed by atoms with Crippen LogP contribution in [0.2, 0.25) is 0 Å². The van der Waals surface area contributed by atoms with Crippen molar-refractivity contribution >= 4 is 22.3 Å². The van der Waals surface area contributed by atoms with Crippen molar-refractivity contribution in [3.8, 4) is 0 Å². The molecule has 3 rings (SSSR count). The molecular weight excluding hydrogens is 248 g/mol. The molecule has 0 spiro atoms. The van der Waals surface area contributed by atoms with E-state index in [-0.39, 0.29) is 5.78 Å². The molecule has 1 aromatic rings. The fourth-order valence-corrected chi connectivity index (χ4v) is 3.79. The Hall–Kier alpha value is -0.940. The molecule has 0 bridgehead atoms. The number of rotatable bonds is 2. The Kier molecular flexibility index (Phi) is 3.35. The number of thiazole rings is 1. The van der Waals surface area contributed by atoms with Crippen LogP contribution in [0.4, 0.5) is 5.13 Å². The van der Waals surface area contributed by atoms with Gasteiger partial charge in [-0.1, -0.05) is 0 Å². The van der Waals surface area contributed by atoms with Crippen LogP contribution in [0.1, 0.15) is 41.0 Å². The molecule has 1 aromatic heterocycles. The van der Waals surface area contributed by atoms with Gasteiger partial charge in [-0.15, -0.1) is 11.3 Å². The second-order valence-electron chi connectivity index (χ2n) is 5.00. The van der Waals surface area contributed by atoms with E-state index in [1.165, 1.54) is 4.88 Å². The summed E-state index contributed by atoms with van der Waals surface area (Å²) in [5.74, 6) is 0.221. The molecule has 0 saturated carbocycles. The Balaban J connectivity index is 1.81. The highest BCUT2D eigenvalue weighted by Crippen LogP contribution is 2.33. The van der Waals surface area contributed by atoms with Crippen LogP contribution in [0, 0.1) is 0 Å². The first-order chi connectivity index (χ1) is 8.75. The zero-order chi connectivity index (χ0) is 12.5. The first-order valence-corrected chi connectivity index (χ1v) is 7.41. The van der Waals surface area contributed by atoms with E-state index in [1.807, 2.05) is 0 Å². The number of nitrogens with zero attached hydrogens (tertiary/aromatic N) is 2. The molecule has 0 unspecified atom stereocenters. The normalized spacial score (nSPS) is 20.8. The molecule has 0 N–H and O–H groups in total. The minimum Gasteiger partial charge on any atom is -0.381 e. The van der Waals surface area contributed by atoms with Crippen LogP contribution in [0.5, 0.6) is 0 Å². The van der Waals surface area contributed by atoms with E-state index in [1.54, 1.807) is 11.3 Å². The summed E-state index contributed by atoms with van der Waals surface area (Å²) in [6, 6.07) is 0.501. The average molecular weight is 266 g/mol. The lowest BCUT2D eigenvalue weighted by Gasteiger charge is -2.30. The highest BCUT2D eigenvalue weighted by molar-refractivity contribution is 7.16. The summed E-state index contributed by atoms with van der Waals surface area (Å²) in [7, 11) is 2.09. The van der Waals surface area contributed by atoms with E-state index >= 15 is 0 Å². The number of aryl methyl sites for hydroxylation is 1. The zero-order valence-electron chi connectivity index (χ0n) is 10.6. The predicted octanol–water partition coefficient (Wildman–Crippen LogP) is 2.28. The number of hydrogen-bond donors (Lipinski definition) is 0. The standard InChI is InChI=1S/C13H18N2O2S/c1-15(9-5-7-17-8-6-9)13-14-12-10(16)3-2-4-11(12)18-13/h9H,2-8H2,1H3. The summed E-state index contributed by atoms with van der Waals surface area (Å²) in [5, 5.41) is 1.00. The van der Waals surface area contributed by atoms with E-state index in [9.17, 15) is 4.79 Å². The number of ether oxygens (including phenoxy) is 1. The van der Waals surface area contributed by atoms with Gasteiger partial charge in [0.1, 0.15) is 5.69 Å². The smallest absolute Gasteiger partial charge is 0.186 e. The van der Waals surface area contributed by atoms with Crippen LogP contribution in [-0.2, 0) is 11.2 Å². The summed E-state index contributed by atoms with van der Waals surface area (Å²) >= 11 is 1.69. The lowest BCUT2D eigenvalue weighted by atomic mass is 10.0. The number of carbonyl (C=O) groups is 1. The molecule has 2 aliphatic rings. The topological polar surface area (TPSA) is 42.4 Å². The number of carbonyl (C=O) groups excluding carboxylic acids is 1. The third-order valence-corrected chi connectivity index (χ3v) is 5.00. The Labute approximate surface area is 111 Å². The quantitative estimate of drug-likeness (QED) is 0.823. The minimum atomic E-state index is 0.221. The first-order valence-electron chi connectivity index (χ1n) is 6.59. The van der Waals surface area contributed by atoms with Crippen LogP contribution >= 0.6 is 11.3 Å². The number of hydrogen-bond acceptors (Lipinski definition) is 5. The third kappa shape index (κ3) is 2.17. The maximum atomic E-state index is 11.8. The van der Waals surface area contributed by atoms with Gasteiger partial charge in [0.15, 0.2) is 10.9 Å². The van der Waals surface area contributed by atoms with Gasteiger partial charge in [-0.2, -0.15) is 0 Å². The van der Waals surface area contributed by atoms with E-state index in [0.29, 0.717) is 12.5 Å². The molecule has 1 fully saturated rings. The molecule has 1 aliphatic carbocycles. The highest BCUT2D eigenvalue weighted by Gasteiger charge is 2.26. The van der Waals surface area contributed by atoms with Crippen molar-refractivity contribution in [2.24, 2.45) is 0 Å². The van der Waals surface area contributed by atoms with Gasteiger partial charge in [0.25, 0.3) is 0 Å². The van der Waals surface area contributed by atoms with Crippen molar-refractivity contribution in [3.63, 3.8) is 0 Å². The maximum Gasteiger partial charge on any atom is 0.186 e. The Morgan fingerprint density at radius 2 is 2.11 bits per heavy atom. The highest BCUT2D eigenvalue weighted by atomic mass is 32.1. The molecule has 98 valence electrons. The van der Waals surface area contributed by atoms with Gasteiger partial charge in [0, 0.05) is 37.6 Å². The lowest BCUT2D eigenvalue weighted by Crippen LogP contribution is -2.36. The molecule has 18 heavy (non-hydrogen) atoms. The molecule has 2 heterocycles. The van der Waals surface area contributed by atoms with Gasteiger partial charge in [0.2, 0.25) is 0 Å². The van der Waals surface area contributed by atoms with Crippen molar-refractivity contribution in [1.29, 1.82) is 0 Å². The van der Waals surface area contributed by atoms with E-state index < -0.39 is 0 Å². The number of aromatic nitrogens is 1. The van der Waals surface area contributed by atoms with Crippen molar-refractivity contribution < 1.29 is 9.53 Å². The van der Waals surface area contributed by atoms with Crippen molar-refractivity contribution in [3.05, 3.63) is 10.6 Å². The molecule has 1 aliphatic heterocycles. The summed E-state index contributed by atoms with van der Waals surface area (Å²) in [6.07, 6.45) is 4.76. The van der Waals surface area contributed by atoms with Crippen LogP contribution in [0.3, 0.4) is 0 Å². The van der Waals surface area contributed by atoms with Crippen molar-refractivity contribution in [2.75, 3.05) is 25.2 Å². The van der Waals surface area contributed by atoms with Gasteiger partial charge in [-0.25, -0.2) is 4.98 Å². The maximum absolute atomic E-state index is 11.8. The van der Waals surface area contributed by atoms with Gasteiger partial charge < -0.3 is 9.64 Å². The molecule has 0 aromatic carbocycles. The fraction of sp³-hybridized carbons (Fsp3) is 0.692. The van der Waals surface area contributed by atoms with Crippen LogP contribution in [0.25, 0.3) is 0 Å². The Morgan fingerprint density at radius 1 is 1.33 bits per heavy atom. The van der Waals surface area contributed by atoms with Crippen LogP contribution < -0.4 is 4.90 Å². The van der Waals surface area contributed by atoms with Gasteiger partial charge in [0.05, 0.1) is 0 Å². The second-order valence-corrected chi connectivity index (χ2v) is 6.06. The SMILES string of the molecule is CN(c1nc2c(s1)CCCC2=O)C1CCOCC1. The third-order valence-electron chi connectivity index (χ3n) is 3.80. The van der Waals surface area contributed by atoms with Gasteiger partial charge in [-0.3, -0.25) is 4.79 Å². The summed E-state index contributed by atoms with van der Waals surface area (Å²) in [4.78, 5) is 19.8. The van der Waals surface area contributed by atoms with Crippen molar-refractivity contribution in [2.45, 2.75) is 38.1 Å². The molecule has 0 amide bonds. The number of fused-ring (bicyclic) bond motifs is 1. The minimum absolute atomic E-state index is 0.221. The fourth-order valence-electron chi connectivity index (χ4n) is 2.63. The Morgan fingerprint density at radius 3 is 2.83 bits per heavy atom. The summed E-state index contributed by atoms with van der Waals surface area (Å²) < 4.78 is 5.39. The average Bonchev–Trinajstić information content (AvgIpc) is 2.84. The monoisotopic (exact) mass is 266 g/mol. The molecule has 1 saturated heterocycles. The van der Waals surface area contributed by atoms with Gasteiger partial charge >= 0.3 is 0 Å². The lowest BCUT2D eigenvalue weighted by molar-refractivity contribution is 0.0854. The first kappa shape index (κ1) is 12.1. The van der Waals surface area contributed by atoms with Gasteiger partial charge in [-0.05, 0) is 25.7 Å². The Bertz CT molecular complexity index is 452. The number of ketones is 1. The van der Waals surface area contributed by atoms with Crippen LogP contribution in [-0.4, -0.2) is 37.1 Å². The molecular formula is C13H18N2O2S. The summed E-state index contributed by atoms with van der Waals surface area (Å²) in [6.45, 7) is 1.66. The predicted molar refractivity (Wildman–Crippen MR) is 71.6 cm³/mol. The molecule has 0 radical (unpaired) electrons. The zero-order valence-corrected chi connectivity index (χ0v) is 11.5. The molecule has 0 atom stereocenters. The number of Topliss-reactive ketones (excluding diaryl/α,β-unsaturated/α-hetero) is 1. The van der Waals surface area contributed by atoms with Crippen LogP contribution in [0.15, 0.2) is 0 Å². The number of anilines is 1. The van der Waals surface area contributed by atoms with Crippen molar-refractivity contribution in [1.82, 2.24) is 4.98 Å². The molecule has 4 nitrogen and oxygen atoms in total. The largest absolute Gasteiger partial charge is 0.381 e. The second kappa shape index (κ2) is 4.97. The van der Waals surface area contributed by atoms with E-state index in [0.717, 1.165) is 49.7 Å².